The molecule has 0 radical (unpaired) electrons. The molecule has 7 heteroatoms. The zero-order valence-electron chi connectivity index (χ0n) is 25.0. The van der Waals surface area contributed by atoms with Crippen LogP contribution in [0.2, 0.25) is 0 Å². The van der Waals surface area contributed by atoms with E-state index in [-0.39, 0.29) is 17.1 Å². The number of nitrogens with zero attached hydrogens (tertiary/aromatic N) is 3. The fraction of sp³-hybridized carbons (Fsp3) is 0.278. The number of carbonyl (C=O) groups is 1. The lowest BCUT2D eigenvalue weighted by molar-refractivity contribution is 0.0635. The van der Waals surface area contributed by atoms with Gasteiger partial charge in [0.2, 0.25) is 0 Å². The van der Waals surface area contributed by atoms with Crippen molar-refractivity contribution in [1.29, 1.82) is 0 Å². The third kappa shape index (κ3) is 5.73. The molecule has 1 aliphatic carbocycles. The number of rotatable bonds is 7. The van der Waals surface area contributed by atoms with Gasteiger partial charge in [0.15, 0.2) is 5.43 Å². The molecule has 0 unspecified atom stereocenters. The summed E-state index contributed by atoms with van der Waals surface area (Å²) in [5.74, 6) is 0.795. The molecule has 0 spiro atoms. The third-order valence-electron chi connectivity index (χ3n) is 8.53. The van der Waals surface area contributed by atoms with Crippen molar-refractivity contribution in [2.45, 2.75) is 26.7 Å². The van der Waals surface area contributed by atoms with Crippen LogP contribution in [-0.4, -0.2) is 60.6 Å². The molecule has 1 fully saturated rings. The second kappa shape index (κ2) is 11.9. The summed E-state index contributed by atoms with van der Waals surface area (Å²) in [5.41, 5.74) is 6.83. The second-order valence-electron chi connectivity index (χ2n) is 11.4. The first-order chi connectivity index (χ1) is 20.8. The Morgan fingerprint density at radius 1 is 0.884 bits per heavy atom. The van der Waals surface area contributed by atoms with Gasteiger partial charge >= 0.3 is 0 Å². The van der Waals surface area contributed by atoms with E-state index >= 15 is 0 Å². The Morgan fingerprint density at radius 3 is 2.33 bits per heavy atom. The summed E-state index contributed by atoms with van der Waals surface area (Å²) in [7, 11) is 1.95. The molecule has 1 N–H and O–H groups in total. The third-order valence-corrected chi connectivity index (χ3v) is 8.53. The number of amides is 1. The van der Waals surface area contributed by atoms with E-state index in [1.54, 1.807) is 18.2 Å². The van der Waals surface area contributed by atoms with Crippen LogP contribution in [-0.2, 0) is 0 Å². The van der Waals surface area contributed by atoms with Crippen LogP contribution in [0.4, 0.5) is 11.4 Å². The Hall–Kier alpha value is -4.62. The number of benzene rings is 4. The van der Waals surface area contributed by atoms with E-state index in [1.807, 2.05) is 78.4 Å². The molecule has 1 amide bonds. The number of piperazine rings is 1. The zero-order valence-corrected chi connectivity index (χ0v) is 25.0. The highest BCUT2D eigenvalue weighted by Gasteiger charge is 2.24. The van der Waals surface area contributed by atoms with Crippen LogP contribution in [0.25, 0.3) is 33.4 Å². The Kier molecular flexibility index (Phi) is 7.91. The standard InChI is InChI=1S/C36H37N3O4/c1-4-5-16-38-17-19-39(20-18-38)36(42)25-6-13-30(24(2)21-25)35-31-14-9-27(37(3)26-7-10-28(40)11-8-26)22-33(31)43-34-23-29(41)12-15-32(34)35/h6-15,21-23,40H,4-5,16-20H2,1-3H3. The molecule has 2 aliphatic heterocycles. The molecule has 0 saturated carbocycles. The van der Waals surface area contributed by atoms with Crippen molar-refractivity contribution in [2.75, 3.05) is 44.7 Å². The van der Waals surface area contributed by atoms with Crippen molar-refractivity contribution < 1.29 is 14.3 Å². The molecule has 0 aromatic heterocycles. The predicted molar refractivity (Wildman–Crippen MR) is 173 cm³/mol. The van der Waals surface area contributed by atoms with Crippen molar-refractivity contribution in [2.24, 2.45) is 0 Å². The van der Waals surface area contributed by atoms with Gasteiger partial charge in [-0.1, -0.05) is 19.4 Å². The zero-order chi connectivity index (χ0) is 30.1. The van der Waals surface area contributed by atoms with Crippen molar-refractivity contribution >= 4 is 28.3 Å². The smallest absolute Gasteiger partial charge is 0.253 e. The van der Waals surface area contributed by atoms with Crippen LogP contribution in [0, 0.1) is 6.92 Å². The minimum atomic E-state index is -0.119. The maximum Gasteiger partial charge on any atom is 0.253 e. The summed E-state index contributed by atoms with van der Waals surface area (Å²) in [6.45, 7) is 8.66. The summed E-state index contributed by atoms with van der Waals surface area (Å²) in [4.78, 5) is 32.2. The van der Waals surface area contributed by atoms with E-state index < -0.39 is 0 Å². The van der Waals surface area contributed by atoms with Crippen molar-refractivity contribution in [3.63, 3.8) is 0 Å². The van der Waals surface area contributed by atoms with Gasteiger partial charge in [-0.3, -0.25) is 14.5 Å². The van der Waals surface area contributed by atoms with Crippen LogP contribution in [0.1, 0.15) is 35.7 Å². The summed E-state index contributed by atoms with van der Waals surface area (Å²) in [5, 5.41) is 10.6. The van der Waals surface area contributed by atoms with Crippen LogP contribution in [0.5, 0.6) is 5.75 Å². The summed E-state index contributed by atoms with van der Waals surface area (Å²) >= 11 is 0. The van der Waals surface area contributed by atoms with Crippen LogP contribution >= 0.6 is 0 Å². The molecule has 2 heterocycles. The summed E-state index contributed by atoms with van der Waals surface area (Å²) in [6.07, 6.45) is 2.37. The van der Waals surface area contributed by atoms with Gasteiger partial charge in [-0.15, -0.1) is 0 Å². The molecular formula is C36H37N3O4. The molecule has 3 aliphatic rings. The summed E-state index contributed by atoms with van der Waals surface area (Å²) in [6, 6.07) is 23.9. The number of unbranched alkanes of at least 4 members (excludes halogenated alkanes) is 1. The number of fused-ring (bicyclic) bond motifs is 2. The average molecular weight is 576 g/mol. The highest BCUT2D eigenvalue weighted by atomic mass is 16.3. The second-order valence-corrected chi connectivity index (χ2v) is 11.4. The molecule has 6 rings (SSSR count). The van der Waals surface area contributed by atoms with Gasteiger partial charge in [0.05, 0.1) is 0 Å². The Morgan fingerprint density at radius 2 is 1.60 bits per heavy atom. The normalized spacial score (nSPS) is 14.0. The number of hydrogen-bond acceptors (Lipinski definition) is 6. The van der Waals surface area contributed by atoms with Gasteiger partial charge in [-0.05, 0) is 91.7 Å². The lowest BCUT2D eigenvalue weighted by Gasteiger charge is -2.34. The fourth-order valence-electron chi connectivity index (χ4n) is 6.00. The van der Waals surface area contributed by atoms with Crippen molar-refractivity contribution in [3.8, 4) is 28.2 Å². The van der Waals surface area contributed by atoms with Gasteiger partial charge in [0.25, 0.3) is 5.91 Å². The number of anilines is 2. The number of phenols is 1. The Bertz CT molecular complexity index is 1800. The number of aromatic hydroxyl groups is 1. The maximum absolute atomic E-state index is 13.5. The largest absolute Gasteiger partial charge is 0.508 e. The molecule has 0 bridgehead atoms. The first-order valence-corrected chi connectivity index (χ1v) is 15.0. The number of aryl methyl sites for hydroxylation is 1. The van der Waals surface area contributed by atoms with Crippen LogP contribution < -0.4 is 10.3 Å². The first kappa shape index (κ1) is 28.5. The predicted octanol–water partition coefficient (Wildman–Crippen LogP) is 6.90. The molecule has 43 heavy (non-hydrogen) atoms. The maximum atomic E-state index is 13.5. The van der Waals surface area contributed by atoms with Crippen LogP contribution in [0.3, 0.4) is 0 Å². The van der Waals surface area contributed by atoms with Gasteiger partial charge < -0.3 is 19.3 Å². The molecule has 7 nitrogen and oxygen atoms in total. The average Bonchev–Trinajstić information content (AvgIpc) is 3.02. The SMILES string of the molecule is CCCCN1CCN(C(=O)c2ccc(-c3c4ccc(=O)cc-4oc4cc(N(C)c5ccc(O)cc5)ccc34)c(C)c2)CC1. The van der Waals surface area contributed by atoms with Gasteiger partial charge in [-0.25, -0.2) is 0 Å². The molecule has 220 valence electrons. The molecule has 0 atom stereocenters. The first-order valence-electron chi connectivity index (χ1n) is 15.0. The van der Waals surface area contributed by atoms with E-state index in [1.165, 1.54) is 18.9 Å². The van der Waals surface area contributed by atoms with E-state index in [4.69, 9.17) is 4.42 Å². The lowest BCUT2D eigenvalue weighted by Crippen LogP contribution is -2.48. The van der Waals surface area contributed by atoms with E-state index in [2.05, 4.69) is 11.8 Å². The minimum Gasteiger partial charge on any atom is -0.508 e. The lowest BCUT2D eigenvalue weighted by atomic mass is 9.90. The molecule has 3 aromatic carbocycles. The number of carbonyl (C=O) groups excluding carboxylic acids is 1. The van der Waals surface area contributed by atoms with Crippen molar-refractivity contribution in [1.82, 2.24) is 9.80 Å². The van der Waals surface area contributed by atoms with Gasteiger partial charge in [0.1, 0.15) is 17.1 Å². The molecule has 3 aromatic rings. The number of phenolic OH excluding ortho intramolecular Hbond substituents is 1. The van der Waals surface area contributed by atoms with Gasteiger partial charge in [-0.2, -0.15) is 0 Å². The topological polar surface area (TPSA) is 77.2 Å². The molecular weight excluding hydrogens is 538 g/mol. The number of hydrogen-bond donors (Lipinski definition) is 1. The highest BCUT2D eigenvalue weighted by molar-refractivity contribution is 6.04. The fourth-order valence-corrected chi connectivity index (χ4v) is 6.00. The van der Waals surface area contributed by atoms with E-state index in [0.717, 1.165) is 71.7 Å². The quantitative estimate of drug-likeness (QED) is 0.213. The highest BCUT2D eigenvalue weighted by Crippen LogP contribution is 2.42. The Balaban J connectivity index is 1.36. The Labute approximate surface area is 251 Å². The minimum absolute atomic E-state index is 0.0699. The van der Waals surface area contributed by atoms with Crippen molar-refractivity contribution in [3.05, 3.63) is 100 Å². The molecule has 1 saturated heterocycles. The van der Waals surface area contributed by atoms with E-state index in [9.17, 15) is 14.7 Å². The van der Waals surface area contributed by atoms with E-state index in [0.29, 0.717) is 16.9 Å². The van der Waals surface area contributed by atoms with Gasteiger partial charge in [0, 0.05) is 78.8 Å². The van der Waals surface area contributed by atoms with Crippen LogP contribution in [0.15, 0.2) is 88.1 Å². The monoisotopic (exact) mass is 575 g/mol. The summed E-state index contributed by atoms with van der Waals surface area (Å²) < 4.78 is 6.32.